The lowest BCUT2D eigenvalue weighted by Gasteiger charge is -2.36. The first kappa shape index (κ1) is 19.0. The van der Waals surface area contributed by atoms with E-state index in [1.807, 2.05) is 23.1 Å². The molecule has 0 radical (unpaired) electrons. The Hall–Kier alpha value is -2.37. The highest BCUT2D eigenvalue weighted by Gasteiger charge is 2.31. The summed E-state index contributed by atoms with van der Waals surface area (Å²) in [7, 11) is 2.18. The van der Waals surface area contributed by atoms with Crippen molar-refractivity contribution in [2.24, 2.45) is 0 Å². The number of carbonyl (C=O) groups is 1. The molecule has 1 N–H and O–H groups in total. The minimum absolute atomic E-state index is 0.0217. The second kappa shape index (κ2) is 8.76. The number of nitrogens with one attached hydrogen (secondary N) is 1. The minimum Gasteiger partial charge on any atom is -0.323 e. The summed E-state index contributed by atoms with van der Waals surface area (Å²) in [6.07, 6.45) is 1.95. The third-order valence-electron chi connectivity index (χ3n) is 5.93. The first-order valence-corrected chi connectivity index (χ1v) is 10.3. The zero-order chi connectivity index (χ0) is 19.3. The zero-order valence-electron chi connectivity index (χ0n) is 16.7. The number of benzene rings is 2. The molecule has 4 rings (SSSR count). The van der Waals surface area contributed by atoms with Crippen molar-refractivity contribution in [2.45, 2.75) is 18.9 Å². The Morgan fingerprint density at radius 3 is 2.50 bits per heavy atom. The average molecular weight is 379 g/mol. The highest BCUT2D eigenvalue weighted by Crippen LogP contribution is 2.20. The molecule has 0 bridgehead atoms. The molecule has 2 amide bonds. The number of urea groups is 1. The normalized spacial score (nSPS) is 21.0. The van der Waals surface area contributed by atoms with Crippen molar-refractivity contribution in [3.63, 3.8) is 0 Å². The van der Waals surface area contributed by atoms with Gasteiger partial charge in [-0.15, -0.1) is 0 Å². The number of likely N-dealkylation sites (N-methyl/N-ethyl adjacent to an activating group) is 1. The monoisotopic (exact) mass is 378 g/mol. The van der Waals surface area contributed by atoms with Crippen LogP contribution in [0.5, 0.6) is 0 Å². The maximum Gasteiger partial charge on any atom is 0.321 e. The fourth-order valence-corrected chi connectivity index (χ4v) is 4.20. The summed E-state index contributed by atoms with van der Waals surface area (Å²) in [5, 5.41) is 3.10. The summed E-state index contributed by atoms with van der Waals surface area (Å²) >= 11 is 0. The molecule has 2 aliphatic rings. The molecule has 2 saturated heterocycles. The van der Waals surface area contributed by atoms with Gasteiger partial charge in [0, 0.05) is 51.0 Å². The standard InChI is InChI=1S/C23H30N4O/c1-25-12-14-26(15-13-25)22-10-11-27(18-22)23(28)24-21-9-5-8-20(17-21)16-19-6-3-2-4-7-19/h2-9,17,22H,10-16,18H2,1H3,(H,24,28)/t22-/m1/s1. The van der Waals surface area contributed by atoms with Crippen molar-refractivity contribution in [3.8, 4) is 0 Å². The lowest BCUT2D eigenvalue weighted by molar-refractivity contribution is 0.115. The number of piperazine rings is 1. The second-order valence-corrected chi connectivity index (χ2v) is 8.02. The van der Waals surface area contributed by atoms with Crippen molar-refractivity contribution in [2.75, 3.05) is 51.6 Å². The molecule has 148 valence electrons. The van der Waals surface area contributed by atoms with E-state index in [-0.39, 0.29) is 6.03 Å². The maximum atomic E-state index is 12.8. The number of nitrogens with zero attached hydrogens (tertiary/aromatic N) is 3. The highest BCUT2D eigenvalue weighted by molar-refractivity contribution is 5.89. The quantitative estimate of drug-likeness (QED) is 0.888. The van der Waals surface area contributed by atoms with Crippen molar-refractivity contribution in [1.29, 1.82) is 0 Å². The van der Waals surface area contributed by atoms with Gasteiger partial charge in [-0.25, -0.2) is 4.79 Å². The molecule has 2 aromatic carbocycles. The summed E-state index contributed by atoms with van der Waals surface area (Å²) in [6.45, 7) is 6.13. The SMILES string of the molecule is CN1CCN([C@@H]2CCN(C(=O)Nc3cccc(Cc4ccccc4)c3)C2)CC1. The van der Waals surface area contributed by atoms with Crippen LogP contribution in [0.2, 0.25) is 0 Å². The Balaban J connectivity index is 1.32. The summed E-state index contributed by atoms with van der Waals surface area (Å²) in [6, 6.07) is 19.1. The Bertz CT molecular complexity index is 786. The van der Waals surface area contributed by atoms with Crippen LogP contribution in [0.1, 0.15) is 17.5 Å². The molecular weight excluding hydrogens is 348 g/mol. The predicted molar refractivity (Wildman–Crippen MR) is 114 cm³/mol. The number of likely N-dealkylation sites (tertiary alicyclic amines) is 1. The van der Waals surface area contributed by atoms with Crippen molar-refractivity contribution >= 4 is 11.7 Å². The summed E-state index contributed by atoms with van der Waals surface area (Å²) in [5.74, 6) is 0. The van der Waals surface area contributed by atoms with Crippen LogP contribution in [-0.4, -0.2) is 73.1 Å². The lowest BCUT2D eigenvalue weighted by Crippen LogP contribution is -2.50. The first-order chi connectivity index (χ1) is 13.7. The summed E-state index contributed by atoms with van der Waals surface area (Å²) in [5.41, 5.74) is 3.36. The molecule has 5 nitrogen and oxygen atoms in total. The molecule has 2 aromatic rings. The Morgan fingerprint density at radius 1 is 0.964 bits per heavy atom. The third-order valence-corrected chi connectivity index (χ3v) is 5.93. The van der Waals surface area contributed by atoms with Crippen LogP contribution < -0.4 is 5.32 Å². The average Bonchev–Trinajstić information content (AvgIpc) is 3.20. The molecule has 1 atom stereocenters. The molecule has 0 spiro atoms. The van der Waals surface area contributed by atoms with Crippen LogP contribution in [0.25, 0.3) is 0 Å². The first-order valence-electron chi connectivity index (χ1n) is 10.3. The molecule has 28 heavy (non-hydrogen) atoms. The van der Waals surface area contributed by atoms with E-state index in [4.69, 9.17) is 0 Å². The van der Waals surface area contributed by atoms with Gasteiger partial charge < -0.3 is 15.1 Å². The van der Waals surface area contributed by atoms with E-state index in [2.05, 4.69) is 58.6 Å². The van der Waals surface area contributed by atoms with E-state index in [1.165, 1.54) is 11.1 Å². The van der Waals surface area contributed by atoms with E-state index in [1.54, 1.807) is 0 Å². The zero-order valence-corrected chi connectivity index (χ0v) is 16.7. The van der Waals surface area contributed by atoms with E-state index < -0.39 is 0 Å². The number of hydrogen-bond acceptors (Lipinski definition) is 3. The van der Waals surface area contributed by atoms with Gasteiger partial charge in [0.25, 0.3) is 0 Å². The van der Waals surface area contributed by atoms with Gasteiger partial charge in [-0.1, -0.05) is 42.5 Å². The number of amides is 2. The molecule has 0 unspecified atom stereocenters. The number of rotatable bonds is 4. The lowest BCUT2D eigenvalue weighted by atomic mass is 10.0. The molecule has 5 heteroatoms. The summed E-state index contributed by atoms with van der Waals surface area (Å²) < 4.78 is 0. The Kier molecular flexibility index (Phi) is 5.93. The molecule has 0 saturated carbocycles. The number of hydrogen-bond donors (Lipinski definition) is 1. The topological polar surface area (TPSA) is 38.8 Å². The third kappa shape index (κ3) is 4.72. The maximum absolute atomic E-state index is 12.8. The van der Waals surface area contributed by atoms with Crippen LogP contribution in [0.3, 0.4) is 0 Å². The smallest absolute Gasteiger partial charge is 0.321 e. The molecular formula is C23H30N4O. The van der Waals surface area contributed by atoms with E-state index >= 15 is 0 Å². The van der Waals surface area contributed by atoms with Gasteiger partial charge in [-0.3, -0.25) is 4.90 Å². The van der Waals surface area contributed by atoms with E-state index in [0.717, 1.165) is 57.8 Å². The van der Waals surface area contributed by atoms with Crippen LogP contribution in [-0.2, 0) is 6.42 Å². The van der Waals surface area contributed by atoms with Crippen molar-refractivity contribution in [3.05, 3.63) is 65.7 Å². The van der Waals surface area contributed by atoms with Crippen LogP contribution >= 0.6 is 0 Å². The van der Waals surface area contributed by atoms with Crippen molar-refractivity contribution in [1.82, 2.24) is 14.7 Å². The van der Waals surface area contributed by atoms with Gasteiger partial charge in [0.15, 0.2) is 0 Å². The van der Waals surface area contributed by atoms with Gasteiger partial charge in [0.05, 0.1) is 0 Å². The van der Waals surface area contributed by atoms with E-state index in [9.17, 15) is 4.79 Å². The van der Waals surface area contributed by atoms with Crippen LogP contribution in [0.15, 0.2) is 54.6 Å². The minimum atomic E-state index is 0.0217. The van der Waals surface area contributed by atoms with Gasteiger partial charge in [0.2, 0.25) is 0 Å². The van der Waals surface area contributed by atoms with E-state index in [0.29, 0.717) is 6.04 Å². The number of carbonyl (C=O) groups excluding carboxylic acids is 1. The van der Waals surface area contributed by atoms with Gasteiger partial charge in [-0.2, -0.15) is 0 Å². The number of anilines is 1. The predicted octanol–water partition coefficient (Wildman–Crippen LogP) is 3.13. The Morgan fingerprint density at radius 2 is 1.71 bits per heavy atom. The molecule has 2 fully saturated rings. The fourth-order valence-electron chi connectivity index (χ4n) is 4.20. The van der Waals surface area contributed by atoms with Crippen molar-refractivity contribution < 1.29 is 4.79 Å². The van der Waals surface area contributed by atoms with Gasteiger partial charge >= 0.3 is 6.03 Å². The largest absolute Gasteiger partial charge is 0.323 e. The van der Waals surface area contributed by atoms with Gasteiger partial charge in [0.1, 0.15) is 0 Å². The molecule has 2 aliphatic heterocycles. The molecule has 2 heterocycles. The van der Waals surface area contributed by atoms with Gasteiger partial charge in [-0.05, 0) is 43.1 Å². The molecule has 0 aliphatic carbocycles. The fraction of sp³-hybridized carbons (Fsp3) is 0.435. The second-order valence-electron chi connectivity index (χ2n) is 8.02. The molecule has 0 aromatic heterocycles. The van der Waals surface area contributed by atoms with Crippen LogP contribution in [0.4, 0.5) is 10.5 Å². The van der Waals surface area contributed by atoms with Crippen LogP contribution in [0, 0.1) is 0 Å². The summed E-state index contributed by atoms with van der Waals surface area (Å²) in [4.78, 5) is 19.6. The highest BCUT2D eigenvalue weighted by atomic mass is 16.2. The Labute approximate surface area is 167 Å².